The van der Waals surface area contributed by atoms with Gasteiger partial charge in [0.05, 0.1) is 0 Å². The van der Waals surface area contributed by atoms with E-state index in [0.29, 0.717) is 11.5 Å². The maximum Gasteiger partial charge on any atom is 0.330 e. The molecule has 0 saturated carbocycles. The lowest BCUT2D eigenvalue weighted by molar-refractivity contribution is -0.132. The summed E-state index contributed by atoms with van der Waals surface area (Å²) in [6, 6.07) is 0. The fourth-order valence-electron chi connectivity index (χ4n) is 0.616. The van der Waals surface area contributed by atoms with Gasteiger partial charge in [0.2, 0.25) is 0 Å². The molecule has 0 radical (unpaired) electrons. The van der Waals surface area contributed by atoms with E-state index in [1.54, 1.807) is 13.0 Å². The summed E-state index contributed by atoms with van der Waals surface area (Å²) in [4.78, 5) is 10.3. The Bertz CT molecular complexity index is 147. The second-order valence-electron chi connectivity index (χ2n) is 2.54. The van der Waals surface area contributed by atoms with Crippen LogP contribution in [0.1, 0.15) is 27.2 Å². The van der Waals surface area contributed by atoms with E-state index >= 15 is 0 Å². The first-order valence-corrected chi connectivity index (χ1v) is 3.49. The van der Waals surface area contributed by atoms with Gasteiger partial charge >= 0.3 is 5.97 Å². The number of aliphatic carboxylic acids is 1. The Morgan fingerprint density at radius 2 is 2.20 bits per heavy atom. The van der Waals surface area contributed by atoms with Gasteiger partial charge < -0.3 is 5.11 Å². The van der Waals surface area contributed by atoms with Gasteiger partial charge in [-0.3, -0.25) is 0 Å². The van der Waals surface area contributed by atoms with Crippen LogP contribution in [0.3, 0.4) is 0 Å². The molecule has 0 amide bonds. The zero-order valence-electron chi connectivity index (χ0n) is 6.72. The van der Waals surface area contributed by atoms with Gasteiger partial charge in [0, 0.05) is 5.57 Å². The van der Waals surface area contributed by atoms with E-state index in [1.807, 2.05) is 13.8 Å². The Morgan fingerprint density at radius 3 is 2.50 bits per heavy atom. The van der Waals surface area contributed by atoms with Gasteiger partial charge in [-0.2, -0.15) is 0 Å². The minimum atomic E-state index is -0.819. The molecule has 0 bridgehead atoms. The van der Waals surface area contributed by atoms with E-state index in [2.05, 4.69) is 0 Å². The average Bonchev–Trinajstić information content (AvgIpc) is 1.87. The van der Waals surface area contributed by atoms with Gasteiger partial charge in [0.1, 0.15) is 0 Å². The van der Waals surface area contributed by atoms with Gasteiger partial charge in [-0.15, -0.1) is 0 Å². The topological polar surface area (TPSA) is 37.3 Å². The summed E-state index contributed by atoms with van der Waals surface area (Å²) < 4.78 is 0. The zero-order chi connectivity index (χ0) is 8.15. The molecule has 0 fully saturated rings. The third-order valence-electron chi connectivity index (χ3n) is 1.52. The minimum absolute atomic E-state index is 0.371. The molecular formula is C8H14O2. The van der Waals surface area contributed by atoms with Crippen LogP contribution in [0.2, 0.25) is 0 Å². The molecule has 0 heterocycles. The fourth-order valence-corrected chi connectivity index (χ4v) is 0.616. The van der Waals surface area contributed by atoms with Crippen LogP contribution in [0.15, 0.2) is 11.6 Å². The van der Waals surface area contributed by atoms with Crippen molar-refractivity contribution in [2.75, 3.05) is 0 Å². The van der Waals surface area contributed by atoms with Crippen molar-refractivity contribution in [3.8, 4) is 0 Å². The van der Waals surface area contributed by atoms with E-state index in [4.69, 9.17) is 5.11 Å². The summed E-state index contributed by atoms with van der Waals surface area (Å²) in [6.07, 6.45) is 2.77. The van der Waals surface area contributed by atoms with E-state index in [1.165, 1.54) is 0 Å². The molecule has 10 heavy (non-hydrogen) atoms. The van der Waals surface area contributed by atoms with Crippen molar-refractivity contribution in [1.82, 2.24) is 0 Å². The number of carboxylic acid groups (broad SMARTS) is 1. The lowest BCUT2D eigenvalue weighted by Gasteiger charge is -2.00. The SMILES string of the molecule is CC[C@H](C)/C=C(\C)C(=O)O. The van der Waals surface area contributed by atoms with Gasteiger partial charge in [-0.1, -0.05) is 26.3 Å². The van der Waals surface area contributed by atoms with Crippen LogP contribution in [-0.4, -0.2) is 11.1 Å². The molecule has 0 aliphatic rings. The van der Waals surface area contributed by atoms with Crippen LogP contribution in [0.5, 0.6) is 0 Å². The van der Waals surface area contributed by atoms with Crippen molar-refractivity contribution in [1.29, 1.82) is 0 Å². The number of carboxylic acids is 1. The van der Waals surface area contributed by atoms with Gasteiger partial charge in [-0.25, -0.2) is 4.79 Å². The zero-order valence-corrected chi connectivity index (χ0v) is 6.72. The summed E-state index contributed by atoms with van der Waals surface area (Å²) in [5.74, 6) is -0.448. The molecular weight excluding hydrogens is 128 g/mol. The van der Waals surface area contributed by atoms with Gasteiger partial charge in [-0.05, 0) is 12.8 Å². The Kier molecular flexibility index (Phi) is 3.77. The number of carbonyl (C=O) groups is 1. The fraction of sp³-hybridized carbons (Fsp3) is 0.625. The van der Waals surface area contributed by atoms with E-state index in [-0.39, 0.29) is 0 Å². The minimum Gasteiger partial charge on any atom is -0.478 e. The van der Waals surface area contributed by atoms with Crippen LogP contribution in [0, 0.1) is 5.92 Å². The standard InChI is InChI=1S/C8H14O2/c1-4-6(2)5-7(3)8(9)10/h5-6H,4H2,1-3H3,(H,9,10)/b7-5+/t6-/m0/s1. The molecule has 0 aromatic heterocycles. The summed E-state index contributed by atoms with van der Waals surface area (Å²) in [5.41, 5.74) is 0.439. The highest BCUT2D eigenvalue weighted by Gasteiger charge is 2.01. The first kappa shape index (κ1) is 9.21. The number of allylic oxidation sites excluding steroid dienone is 1. The third kappa shape index (κ3) is 3.28. The number of hydrogen-bond donors (Lipinski definition) is 1. The largest absolute Gasteiger partial charge is 0.478 e. The predicted octanol–water partition coefficient (Wildman–Crippen LogP) is 2.06. The molecule has 0 aliphatic heterocycles. The second-order valence-corrected chi connectivity index (χ2v) is 2.54. The summed E-state index contributed by atoms with van der Waals surface area (Å²) in [6.45, 7) is 5.66. The van der Waals surface area contributed by atoms with Crippen LogP contribution >= 0.6 is 0 Å². The quantitative estimate of drug-likeness (QED) is 0.612. The van der Waals surface area contributed by atoms with Gasteiger partial charge in [0.25, 0.3) is 0 Å². The van der Waals surface area contributed by atoms with Crippen molar-refractivity contribution < 1.29 is 9.90 Å². The van der Waals surface area contributed by atoms with Crippen molar-refractivity contribution >= 4 is 5.97 Å². The van der Waals surface area contributed by atoms with Crippen LogP contribution < -0.4 is 0 Å². The normalized spacial score (nSPS) is 14.9. The van der Waals surface area contributed by atoms with E-state index in [9.17, 15) is 4.79 Å². The Balaban J connectivity index is 4.02. The first-order chi connectivity index (χ1) is 4.57. The van der Waals surface area contributed by atoms with Crippen molar-refractivity contribution in [3.05, 3.63) is 11.6 Å². The molecule has 0 saturated heterocycles. The monoisotopic (exact) mass is 142 g/mol. The first-order valence-electron chi connectivity index (χ1n) is 3.49. The van der Waals surface area contributed by atoms with Crippen LogP contribution in [-0.2, 0) is 4.79 Å². The second kappa shape index (κ2) is 4.09. The third-order valence-corrected chi connectivity index (χ3v) is 1.52. The number of hydrogen-bond acceptors (Lipinski definition) is 1. The van der Waals surface area contributed by atoms with Crippen molar-refractivity contribution in [3.63, 3.8) is 0 Å². The number of rotatable bonds is 3. The highest BCUT2D eigenvalue weighted by molar-refractivity contribution is 5.85. The lowest BCUT2D eigenvalue weighted by Crippen LogP contribution is -1.98. The van der Waals surface area contributed by atoms with Crippen LogP contribution in [0.4, 0.5) is 0 Å². The summed E-state index contributed by atoms with van der Waals surface area (Å²) >= 11 is 0. The van der Waals surface area contributed by atoms with Crippen LogP contribution in [0.25, 0.3) is 0 Å². The van der Waals surface area contributed by atoms with Crippen molar-refractivity contribution in [2.24, 2.45) is 5.92 Å². The van der Waals surface area contributed by atoms with Gasteiger partial charge in [0.15, 0.2) is 0 Å². The molecule has 0 spiro atoms. The van der Waals surface area contributed by atoms with E-state index < -0.39 is 5.97 Å². The smallest absolute Gasteiger partial charge is 0.330 e. The summed E-state index contributed by atoms with van der Waals surface area (Å²) in [5, 5.41) is 8.46. The molecule has 0 unspecified atom stereocenters. The molecule has 0 rings (SSSR count). The Hall–Kier alpha value is -0.790. The maximum absolute atomic E-state index is 10.3. The average molecular weight is 142 g/mol. The lowest BCUT2D eigenvalue weighted by atomic mass is 10.1. The Labute approximate surface area is 61.6 Å². The predicted molar refractivity (Wildman–Crippen MR) is 40.8 cm³/mol. The molecule has 1 atom stereocenters. The van der Waals surface area contributed by atoms with E-state index in [0.717, 1.165) is 6.42 Å². The molecule has 2 heteroatoms. The van der Waals surface area contributed by atoms with Crippen molar-refractivity contribution in [2.45, 2.75) is 27.2 Å². The molecule has 58 valence electrons. The highest BCUT2D eigenvalue weighted by atomic mass is 16.4. The Morgan fingerprint density at radius 1 is 1.70 bits per heavy atom. The molecule has 2 nitrogen and oxygen atoms in total. The maximum atomic E-state index is 10.3. The molecule has 0 aromatic rings. The molecule has 0 aliphatic carbocycles. The molecule has 0 aromatic carbocycles. The highest BCUT2D eigenvalue weighted by Crippen LogP contribution is 2.05. The summed E-state index contributed by atoms with van der Waals surface area (Å²) in [7, 11) is 0. The molecule has 1 N–H and O–H groups in total.